The summed E-state index contributed by atoms with van der Waals surface area (Å²) in [5.74, 6) is -0.458. The highest BCUT2D eigenvalue weighted by Crippen LogP contribution is 2.28. The van der Waals surface area contributed by atoms with E-state index in [0.29, 0.717) is 23.8 Å². The second kappa shape index (κ2) is 10.1. The van der Waals surface area contributed by atoms with Crippen LogP contribution in [0.4, 0.5) is 11.4 Å². The van der Waals surface area contributed by atoms with Gasteiger partial charge in [-0.05, 0) is 36.4 Å². The van der Waals surface area contributed by atoms with Crippen molar-refractivity contribution in [3.05, 3.63) is 53.6 Å². The van der Waals surface area contributed by atoms with Crippen LogP contribution in [-0.2, 0) is 9.59 Å². The lowest BCUT2D eigenvalue weighted by atomic mass is 10.2. The molecule has 2 aromatic rings. The summed E-state index contributed by atoms with van der Waals surface area (Å²) in [5.41, 5.74) is 1.63. The molecule has 2 aromatic carbocycles. The molecule has 1 aliphatic rings. The summed E-state index contributed by atoms with van der Waals surface area (Å²) < 4.78 is 5.44. The molecule has 0 radical (unpaired) electrons. The predicted molar refractivity (Wildman–Crippen MR) is 115 cm³/mol. The van der Waals surface area contributed by atoms with Gasteiger partial charge in [0.05, 0.1) is 12.8 Å². The summed E-state index contributed by atoms with van der Waals surface area (Å²) in [7, 11) is 1.68. The van der Waals surface area contributed by atoms with E-state index < -0.39 is 11.8 Å². The van der Waals surface area contributed by atoms with Crippen molar-refractivity contribution in [3.8, 4) is 5.75 Å². The Labute approximate surface area is 175 Å². The second-order valence-electron chi connectivity index (χ2n) is 6.72. The second-order valence-corrected chi connectivity index (χ2v) is 7.15. The zero-order valence-corrected chi connectivity index (χ0v) is 17.1. The van der Waals surface area contributed by atoms with Gasteiger partial charge in [0.25, 0.3) is 0 Å². The van der Waals surface area contributed by atoms with Crippen molar-refractivity contribution in [2.75, 3.05) is 56.6 Å². The summed E-state index contributed by atoms with van der Waals surface area (Å²) in [5, 5.41) is 5.79. The third kappa shape index (κ3) is 5.85. The summed E-state index contributed by atoms with van der Waals surface area (Å²) in [6, 6.07) is 14.6. The van der Waals surface area contributed by atoms with Gasteiger partial charge in [-0.1, -0.05) is 23.7 Å². The highest BCUT2D eigenvalue weighted by molar-refractivity contribution is 6.39. The number of benzene rings is 2. The predicted octanol–water partition coefficient (Wildman–Crippen LogP) is 2.23. The Morgan fingerprint density at radius 3 is 2.38 bits per heavy atom. The number of hydrogen-bond donors (Lipinski definition) is 2. The molecule has 0 atom stereocenters. The van der Waals surface area contributed by atoms with Gasteiger partial charge < -0.3 is 20.3 Å². The van der Waals surface area contributed by atoms with Crippen LogP contribution >= 0.6 is 11.6 Å². The Morgan fingerprint density at radius 2 is 1.69 bits per heavy atom. The Kier molecular flexibility index (Phi) is 7.32. The van der Waals surface area contributed by atoms with Crippen LogP contribution in [0, 0.1) is 0 Å². The first-order valence-electron chi connectivity index (χ1n) is 9.52. The molecule has 0 unspecified atom stereocenters. The zero-order valence-electron chi connectivity index (χ0n) is 16.4. The summed E-state index contributed by atoms with van der Waals surface area (Å²) in [6.07, 6.45) is 0. The fourth-order valence-corrected chi connectivity index (χ4v) is 3.36. The Balaban J connectivity index is 1.38. The molecular weight excluding hydrogens is 392 g/mol. The van der Waals surface area contributed by atoms with Crippen LogP contribution in [0.15, 0.2) is 48.5 Å². The lowest BCUT2D eigenvalue weighted by molar-refractivity contribution is -0.136. The Bertz CT molecular complexity index is 836. The van der Waals surface area contributed by atoms with Gasteiger partial charge in [0.2, 0.25) is 0 Å². The van der Waals surface area contributed by atoms with E-state index >= 15 is 0 Å². The van der Waals surface area contributed by atoms with Gasteiger partial charge in [-0.15, -0.1) is 0 Å². The van der Waals surface area contributed by atoms with Gasteiger partial charge in [-0.2, -0.15) is 0 Å². The number of rotatable bonds is 6. The third-order valence-corrected chi connectivity index (χ3v) is 5.07. The molecule has 0 aliphatic carbocycles. The molecule has 0 spiro atoms. The molecule has 2 amide bonds. The van der Waals surface area contributed by atoms with E-state index in [2.05, 4.69) is 26.5 Å². The number of methoxy groups -OCH3 is 1. The fourth-order valence-electron chi connectivity index (χ4n) is 3.23. The molecule has 1 saturated heterocycles. The van der Waals surface area contributed by atoms with Crippen LogP contribution in [0.3, 0.4) is 0 Å². The van der Waals surface area contributed by atoms with Crippen molar-refractivity contribution in [2.24, 2.45) is 0 Å². The molecule has 2 N–H and O–H groups in total. The minimum atomic E-state index is -0.687. The van der Waals surface area contributed by atoms with Gasteiger partial charge >= 0.3 is 11.8 Å². The van der Waals surface area contributed by atoms with Crippen LogP contribution < -0.4 is 20.3 Å². The Hall–Kier alpha value is -2.77. The van der Waals surface area contributed by atoms with E-state index in [-0.39, 0.29) is 0 Å². The first-order valence-corrected chi connectivity index (χ1v) is 9.89. The monoisotopic (exact) mass is 416 g/mol. The van der Waals surface area contributed by atoms with E-state index in [1.165, 1.54) is 0 Å². The quantitative estimate of drug-likeness (QED) is 0.706. The number of halogens is 1. The molecule has 7 nitrogen and oxygen atoms in total. The number of piperazine rings is 1. The largest absolute Gasteiger partial charge is 0.495 e. The van der Waals surface area contributed by atoms with Gasteiger partial charge in [0, 0.05) is 50.0 Å². The highest BCUT2D eigenvalue weighted by Gasteiger charge is 2.20. The first-order chi connectivity index (χ1) is 14.1. The van der Waals surface area contributed by atoms with Crippen LogP contribution in [-0.4, -0.2) is 63.1 Å². The normalized spacial score (nSPS) is 14.3. The smallest absolute Gasteiger partial charge is 0.313 e. The van der Waals surface area contributed by atoms with Crippen molar-refractivity contribution < 1.29 is 14.3 Å². The molecule has 0 saturated carbocycles. The molecule has 1 fully saturated rings. The molecule has 8 heteroatoms. The summed E-state index contributed by atoms with van der Waals surface area (Å²) in [4.78, 5) is 28.5. The maximum atomic E-state index is 12.0. The number of carbonyl (C=O) groups excluding carboxylic acids is 2. The number of nitrogens with zero attached hydrogens (tertiary/aromatic N) is 2. The lowest BCUT2D eigenvalue weighted by Gasteiger charge is -2.36. The van der Waals surface area contributed by atoms with Crippen LogP contribution in [0.5, 0.6) is 5.75 Å². The maximum absolute atomic E-state index is 12.0. The number of para-hydroxylation sites is 2. The van der Waals surface area contributed by atoms with Crippen molar-refractivity contribution in [1.82, 2.24) is 10.2 Å². The minimum absolute atomic E-state index is 0.418. The average molecular weight is 417 g/mol. The topological polar surface area (TPSA) is 73.9 Å². The number of hydrogen-bond acceptors (Lipinski definition) is 5. The molecule has 1 heterocycles. The van der Waals surface area contributed by atoms with Crippen LogP contribution in [0.1, 0.15) is 0 Å². The number of carbonyl (C=O) groups is 2. The Morgan fingerprint density at radius 1 is 1.00 bits per heavy atom. The number of ether oxygens (including phenoxy) is 1. The van der Waals surface area contributed by atoms with Crippen molar-refractivity contribution in [2.45, 2.75) is 0 Å². The average Bonchev–Trinajstić information content (AvgIpc) is 2.75. The standard InChI is InChI=1S/C21H25ClN4O3/c1-29-19-5-3-2-4-18(19)26-14-12-25(13-15-26)11-10-23-20(27)21(28)24-17-8-6-16(22)7-9-17/h2-9H,10-15H2,1H3,(H,23,27)(H,24,28). The SMILES string of the molecule is COc1ccccc1N1CCN(CCNC(=O)C(=O)Nc2ccc(Cl)cc2)CC1. The lowest BCUT2D eigenvalue weighted by Crippen LogP contribution is -2.49. The van der Waals surface area contributed by atoms with E-state index in [4.69, 9.17) is 16.3 Å². The van der Waals surface area contributed by atoms with E-state index in [0.717, 1.165) is 37.6 Å². The highest BCUT2D eigenvalue weighted by atomic mass is 35.5. The van der Waals surface area contributed by atoms with Crippen molar-refractivity contribution in [3.63, 3.8) is 0 Å². The molecule has 154 valence electrons. The fraction of sp³-hybridized carbons (Fsp3) is 0.333. The molecule has 0 bridgehead atoms. The number of anilines is 2. The zero-order chi connectivity index (χ0) is 20.6. The first kappa shape index (κ1) is 21.0. The molecule has 29 heavy (non-hydrogen) atoms. The molecule has 0 aromatic heterocycles. The number of nitrogens with one attached hydrogen (secondary N) is 2. The van der Waals surface area contributed by atoms with E-state index in [9.17, 15) is 9.59 Å². The maximum Gasteiger partial charge on any atom is 0.313 e. The van der Waals surface area contributed by atoms with E-state index in [1.807, 2.05) is 18.2 Å². The van der Waals surface area contributed by atoms with Gasteiger partial charge in [-0.25, -0.2) is 0 Å². The van der Waals surface area contributed by atoms with Crippen molar-refractivity contribution in [1.29, 1.82) is 0 Å². The van der Waals surface area contributed by atoms with Crippen LogP contribution in [0.2, 0.25) is 5.02 Å². The third-order valence-electron chi connectivity index (χ3n) is 4.82. The molecule has 3 rings (SSSR count). The summed E-state index contributed by atoms with van der Waals surface area (Å²) >= 11 is 5.81. The number of amides is 2. The minimum Gasteiger partial charge on any atom is -0.495 e. The molecule has 1 aliphatic heterocycles. The van der Waals surface area contributed by atoms with Gasteiger partial charge in [-0.3, -0.25) is 14.5 Å². The van der Waals surface area contributed by atoms with E-state index in [1.54, 1.807) is 31.4 Å². The van der Waals surface area contributed by atoms with Gasteiger partial charge in [0.15, 0.2) is 0 Å². The van der Waals surface area contributed by atoms with Gasteiger partial charge in [0.1, 0.15) is 5.75 Å². The molecular formula is C21H25ClN4O3. The summed E-state index contributed by atoms with van der Waals surface area (Å²) in [6.45, 7) is 4.63. The van der Waals surface area contributed by atoms with Crippen molar-refractivity contribution >= 4 is 34.8 Å². The van der Waals surface area contributed by atoms with Crippen LogP contribution in [0.25, 0.3) is 0 Å².